The minimum atomic E-state index is -0.345. The average molecular weight is 627 g/mol. The molecule has 10 heteroatoms. The second kappa shape index (κ2) is 13.9. The number of aromatic nitrogens is 4. The van der Waals surface area contributed by atoms with Crippen LogP contribution >= 0.6 is 0 Å². The van der Waals surface area contributed by atoms with Crippen LogP contribution in [0, 0.1) is 17.3 Å². The summed E-state index contributed by atoms with van der Waals surface area (Å²) in [5.41, 5.74) is 12.0. The summed E-state index contributed by atoms with van der Waals surface area (Å²) in [6.07, 6.45) is 7.81. The van der Waals surface area contributed by atoms with Crippen LogP contribution in [0.1, 0.15) is 57.2 Å². The van der Waals surface area contributed by atoms with Crippen LogP contribution in [0.5, 0.6) is 0 Å². The van der Waals surface area contributed by atoms with E-state index in [0.717, 1.165) is 69.6 Å². The Balaban J connectivity index is 1.21. The van der Waals surface area contributed by atoms with Crippen LogP contribution in [0.15, 0.2) is 91.3 Å². The number of hydrazine groups is 1. The maximum atomic E-state index is 6.77. The van der Waals surface area contributed by atoms with Crippen molar-refractivity contribution >= 4 is 39.1 Å². The van der Waals surface area contributed by atoms with Gasteiger partial charge in [-0.3, -0.25) is 0 Å². The summed E-state index contributed by atoms with van der Waals surface area (Å²) >= 11 is 0. The number of benzene rings is 3. The van der Waals surface area contributed by atoms with E-state index in [2.05, 4.69) is 86.7 Å². The van der Waals surface area contributed by atoms with Crippen LogP contribution in [0.25, 0.3) is 21.8 Å². The van der Waals surface area contributed by atoms with Gasteiger partial charge in [0.25, 0.3) is 0 Å². The van der Waals surface area contributed by atoms with Crippen molar-refractivity contribution in [2.75, 3.05) is 29.0 Å². The van der Waals surface area contributed by atoms with Crippen molar-refractivity contribution in [1.82, 2.24) is 24.9 Å². The van der Waals surface area contributed by atoms with Gasteiger partial charge in [0, 0.05) is 53.8 Å². The predicted octanol–water partition coefficient (Wildman–Crippen LogP) is 6.18. The number of nitrogens with two attached hydrogens (primary N) is 2. The van der Waals surface area contributed by atoms with Crippen molar-refractivity contribution in [2.45, 2.75) is 52.1 Å². The molecule has 1 atom stereocenters. The highest BCUT2D eigenvalue weighted by Gasteiger charge is 2.26. The molecular formula is C37H42N10. The van der Waals surface area contributed by atoms with Crippen LogP contribution in [0.2, 0.25) is 0 Å². The van der Waals surface area contributed by atoms with Crippen LogP contribution in [0.3, 0.4) is 0 Å². The number of para-hydroxylation sites is 1. The van der Waals surface area contributed by atoms with Crippen LogP contribution in [-0.2, 0) is 0 Å². The second-order valence-corrected chi connectivity index (χ2v) is 13.1. The Labute approximate surface area is 276 Å². The fraction of sp³-hybridized carbons (Fsp3) is 0.297. The third-order valence-electron chi connectivity index (χ3n) is 7.87. The van der Waals surface area contributed by atoms with Crippen LogP contribution in [-0.4, -0.2) is 44.1 Å². The zero-order chi connectivity index (χ0) is 32.8. The minimum absolute atomic E-state index is 0.100. The molecule has 1 saturated carbocycles. The Kier molecular flexibility index (Phi) is 9.36. The normalized spacial score (nSPS) is 13.9. The first kappa shape index (κ1) is 31.6. The summed E-state index contributed by atoms with van der Waals surface area (Å²) in [5, 5.41) is 14.2. The van der Waals surface area contributed by atoms with E-state index in [1.165, 1.54) is 0 Å². The molecule has 6 rings (SSSR count). The molecule has 0 amide bonds. The van der Waals surface area contributed by atoms with Gasteiger partial charge >= 0.3 is 0 Å². The van der Waals surface area contributed by atoms with E-state index in [1.807, 2.05) is 54.7 Å². The number of nitrogens with one attached hydrogen (secondary N) is 3. The van der Waals surface area contributed by atoms with Gasteiger partial charge in [0.05, 0.1) is 22.8 Å². The molecule has 5 aromatic rings. The molecule has 0 bridgehead atoms. The van der Waals surface area contributed by atoms with E-state index < -0.39 is 0 Å². The van der Waals surface area contributed by atoms with E-state index in [9.17, 15) is 0 Å². The molecule has 1 aliphatic rings. The van der Waals surface area contributed by atoms with Gasteiger partial charge in [0.2, 0.25) is 0 Å². The maximum absolute atomic E-state index is 6.77. The molecule has 3 aromatic carbocycles. The van der Waals surface area contributed by atoms with Gasteiger partial charge in [0.1, 0.15) is 24.3 Å². The molecule has 2 aromatic heterocycles. The Morgan fingerprint density at radius 3 is 2.43 bits per heavy atom. The molecule has 1 unspecified atom stereocenters. The highest BCUT2D eigenvalue weighted by Crippen LogP contribution is 2.31. The monoisotopic (exact) mass is 626 g/mol. The number of hydrogen-bond acceptors (Lipinski definition) is 10. The summed E-state index contributed by atoms with van der Waals surface area (Å²) in [5.74, 6) is 14.6. The molecule has 10 nitrogen and oxygen atoms in total. The summed E-state index contributed by atoms with van der Waals surface area (Å²) in [6.45, 7) is 8.02. The quantitative estimate of drug-likeness (QED) is 0.0499. The predicted molar refractivity (Wildman–Crippen MR) is 191 cm³/mol. The second-order valence-electron chi connectivity index (χ2n) is 13.1. The van der Waals surface area contributed by atoms with E-state index in [4.69, 9.17) is 11.6 Å². The number of fused-ring (bicyclic) bond motifs is 2. The first-order valence-corrected chi connectivity index (χ1v) is 16.0. The summed E-state index contributed by atoms with van der Waals surface area (Å²) in [6, 6.07) is 22.2. The number of anilines is 3. The Morgan fingerprint density at radius 1 is 0.915 bits per heavy atom. The largest absolute Gasteiger partial charge is 0.399 e. The van der Waals surface area contributed by atoms with E-state index in [0.29, 0.717) is 24.7 Å². The lowest BCUT2D eigenvalue weighted by Gasteiger charge is -2.24. The third kappa shape index (κ3) is 8.26. The first-order chi connectivity index (χ1) is 22.7. The maximum Gasteiger partial charge on any atom is 0.137 e. The van der Waals surface area contributed by atoms with E-state index >= 15 is 0 Å². The number of rotatable bonds is 11. The van der Waals surface area contributed by atoms with Crippen molar-refractivity contribution in [3.8, 4) is 11.8 Å². The smallest absolute Gasteiger partial charge is 0.137 e. The highest BCUT2D eigenvalue weighted by atomic mass is 15.4. The SMILES string of the molecule is CC(C)(C)CNc1ncnc2ccc(NC(/C(N)=C/N(N)C3CC3)c3cccc(C#CCCNc4ncnc5ccccc45)c3)cc12. The molecule has 0 aliphatic heterocycles. The lowest BCUT2D eigenvalue weighted by Crippen LogP contribution is -2.30. The van der Waals surface area contributed by atoms with Crippen molar-refractivity contribution < 1.29 is 0 Å². The van der Waals surface area contributed by atoms with E-state index in [-0.39, 0.29) is 11.5 Å². The first-order valence-electron chi connectivity index (χ1n) is 16.0. The van der Waals surface area contributed by atoms with Gasteiger partial charge in [-0.05, 0) is 66.3 Å². The molecule has 7 N–H and O–H groups in total. The van der Waals surface area contributed by atoms with E-state index in [1.54, 1.807) is 17.7 Å². The molecule has 0 saturated heterocycles. The van der Waals surface area contributed by atoms with Crippen LogP contribution in [0.4, 0.5) is 17.3 Å². The van der Waals surface area contributed by atoms with Gasteiger partial charge in [-0.15, -0.1) is 0 Å². The van der Waals surface area contributed by atoms with Crippen molar-refractivity contribution in [3.05, 3.63) is 102 Å². The summed E-state index contributed by atoms with van der Waals surface area (Å²) in [4.78, 5) is 17.8. The van der Waals surface area contributed by atoms with Gasteiger partial charge in [-0.2, -0.15) is 0 Å². The number of hydrogen-bond donors (Lipinski definition) is 5. The van der Waals surface area contributed by atoms with Gasteiger partial charge in [0.15, 0.2) is 0 Å². The molecule has 1 fully saturated rings. The molecular weight excluding hydrogens is 584 g/mol. The highest BCUT2D eigenvalue weighted by molar-refractivity contribution is 5.91. The van der Waals surface area contributed by atoms with Gasteiger partial charge in [-0.25, -0.2) is 25.8 Å². The fourth-order valence-electron chi connectivity index (χ4n) is 5.24. The molecule has 1 aliphatic carbocycles. The summed E-state index contributed by atoms with van der Waals surface area (Å²) < 4.78 is 0. The molecule has 240 valence electrons. The number of nitrogens with zero attached hydrogens (tertiary/aromatic N) is 5. The topological polar surface area (TPSA) is 143 Å². The lowest BCUT2D eigenvalue weighted by molar-refractivity contribution is 0.378. The fourth-order valence-corrected chi connectivity index (χ4v) is 5.24. The van der Waals surface area contributed by atoms with Crippen LogP contribution < -0.4 is 27.5 Å². The Morgan fingerprint density at radius 2 is 1.66 bits per heavy atom. The van der Waals surface area contributed by atoms with Crippen molar-refractivity contribution in [2.24, 2.45) is 17.0 Å². The Hall–Kier alpha value is -5.40. The minimum Gasteiger partial charge on any atom is -0.399 e. The lowest BCUT2D eigenvalue weighted by atomic mass is 9.97. The average Bonchev–Trinajstić information content (AvgIpc) is 3.92. The third-order valence-corrected chi connectivity index (χ3v) is 7.87. The molecule has 47 heavy (non-hydrogen) atoms. The Bertz CT molecular complexity index is 1940. The zero-order valence-electron chi connectivity index (χ0n) is 27.2. The van der Waals surface area contributed by atoms with Gasteiger partial charge in [-0.1, -0.05) is 56.9 Å². The molecule has 0 spiro atoms. The van der Waals surface area contributed by atoms with Crippen molar-refractivity contribution in [1.29, 1.82) is 0 Å². The van der Waals surface area contributed by atoms with Crippen molar-refractivity contribution in [3.63, 3.8) is 0 Å². The standard InChI is InChI=1S/C37H42N10/c1-37(2,3)22-41-36-30-20-27(14-17-33(30)43-24-45-36)46-34(31(38)21-47(39)28-15-16-28)26-11-8-10-25(19-26)9-6-7-18-40-35-29-12-4-5-13-32(29)42-23-44-35/h4-5,8,10-14,17,19-21,23-24,28,34,46H,7,15-16,18,22,38-39H2,1-3H3,(H,40,42,44)(H,41,43,45)/b31-21-. The van der Waals surface area contributed by atoms with Gasteiger partial charge < -0.3 is 26.7 Å². The zero-order valence-corrected chi connectivity index (χ0v) is 27.2. The molecule has 2 heterocycles. The molecule has 0 radical (unpaired) electrons. The summed E-state index contributed by atoms with van der Waals surface area (Å²) in [7, 11) is 0.